The van der Waals surface area contributed by atoms with Crippen molar-refractivity contribution in [3.05, 3.63) is 76.3 Å². The highest BCUT2D eigenvalue weighted by atomic mass is 32.1. The number of nitrogens with one attached hydrogen (secondary N) is 1. The molecule has 0 bridgehead atoms. The summed E-state index contributed by atoms with van der Waals surface area (Å²) >= 11 is 1.40. The molecule has 3 aromatic heterocycles. The first-order valence-electron chi connectivity index (χ1n) is 10.5. The standard InChI is InChI=1S/C24H22N4O4S/c25-11-8-20-19-9-13-28(24(30)32-15-10-17-4-1-2-12-26-17)16-21(19)33-23(20)27-22(29)7-6-18-5-3-14-31-18/h1-7,12,14H,8-10,13,15-16H2,(H,27,29)/b7-6+. The maximum atomic E-state index is 12.5. The second-order valence-corrected chi connectivity index (χ2v) is 8.45. The van der Waals surface area contributed by atoms with E-state index in [0.717, 1.165) is 21.7 Å². The van der Waals surface area contributed by atoms with Gasteiger partial charge in [0.2, 0.25) is 5.91 Å². The first kappa shape index (κ1) is 22.3. The number of carbonyl (C=O) groups excluding carboxylic acids is 2. The molecule has 168 valence electrons. The van der Waals surface area contributed by atoms with Crippen molar-refractivity contribution in [2.75, 3.05) is 18.5 Å². The predicted octanol–water partition coefficient (Wildman–Crippen LogP) is 4.19. The molecule has 9 heteroatoms. The number of nitrogens with zero attached hydrogens (tertiary/aromatic N) is 3. The molecular weight excluding hydrogens is 440 g/mol. The zero-order chi connectivity index (χ0) is 23.0. The summed E-state index contributed by atoms with van der Waals surface area (Å²) in [5.74, 6) is 0.264. The van der Waals surface area contributed by atoms with Crippen molar-refractivity contribution in [1.82, 2.24) is 9.88 Å². The number of pyridine rings is 1. The van der Waals surface area contributed by atoms with Crippen LogP contribution in [0.5, 0.6) is 0 Å². The van der Waals surface area contributed by atoms with Gasteiger partial charge in [-0.2, -0.15) is 5.26 Å². The first-order chi connectivity index (χ1) is 16.1. The van der Waals surface area contributed by atoms with Crippen molar-refractivity contribution in [1.29, 1.82) is 5.26 Å². The molecule has 8 nitrogen and oxygen atoms in total. The number of ether oxygens (including phenoxy) is 1. The molecule has 1 N–H and O–H groups in total. The van der Waals surface area contributed by atoms with E-state index in [4.69, 9.17) is 9.15 Å². The average molecular weight is 463 g/mol. The number of thiophene rings is 1. The predicted molar refractivity (Wildman–Crippen MR) is 123 cm³/mol. The molecule has 0 aromatic carbocycles. The maximum Gasteiger partial charge on any atom is 0.410 e. The Kier molecular flexibility index (Phi) is 7.17. The van der Waals surface area contributed by atoms with Crippen LogP contribution in [0.15, 0.2) is 53.3 Å². The molecule has 0 radical (unpaired) electrons. The molecule has 0 aliphatic carbocycles. The van der Waals surface area contributed by atoms with Crippen molar-refractivity contribution < 1.29 is 18.7 Å². The summed E-state index contributed by atoms with van der Waals surface area (Å²) in [4.78, 5) is 31.7. The summed E-state index contributed by atoms with van der Waals surface area (Å²) in [7, 11) is 0. The molecule has 4 heterocycles. The summed E-state index contributed by atoms with van der Waals surface area (Å²) in [5, 5.41) is 12.8. The van der Waals surface area contributed by atoms with Gasteiger partial charge in [0.1, 0.15) is 10.8 Å². The largest absolute Gasteiger partial charge is 0.465 e. The lowest BCUT2D eigenvalue weighted by Crippen LogP contribution is -2.36. The second-order valence-electron chi connectivity index (χ2n) is 7.34. The molecule has 0 spiro atoms. The van der Waals surface area contributed by atoms with Crippen LogP contribution in [0, 0.1) is 11.3 Å². The van der Waals surface area contributed by atoms with Gasteiger partial charge in [0.25, 0.3) is 0 Å². The van der Waals surface area contributed by atoms with Gasteiger partial charge in [-0.05, 0) is 42.3 Å². The SMILES string of the molecule is N#CCc1c(NC(=O)/C=C/c2ccco2)sc2c1CCN(C(=O)OCCc1ccccn1)C2. The van der Waals surface area contributed by atoms with Crippen molar-refractivity contribution >= 4 is 34.4 Å². The third-order valence-electron chi connectivity index (χ3n) is 5.17. The summed E-state index contributed by atoms with van der Waals surface area (Å²) in [6.45, 7) is 1.14. The normalized spacial score (nSPS) is 12.9. The highest BCUT2D eigenvalue weighted by Gasteiger charge is 2.28. The molecule has 0 unspecified atom stereocenters. The van der Waals surface area contributed by atoms with E-state index in [-0.39, 0.29) is 25.0 Å². The molecule has 1 aliphatic rings. The Morgan fingerprint density at radius 2 is 2.24 bits per heavy atom. The average Bonchev–Trinajstić information content (AvgIpc) is 3.46. The Hall–Kier alpha value is -3.90. The summed E-state index contributed by atoms with van der Waals surface area (Å²) in [6.07, 6.45) is 7.19. The lowest BCUT2D eigenvalue weighted by Gasteiger charge is -2.26. The Labute approximate surface area is 195 Å². The zero-order valence-corrected chi connectivity index (χ0v) is 18.6. The number of furan rings is 1. The fourth-order valence-electron chi connectivity index (χ4n) is 3.57. The second kappa shape index (κ2) is 10.6. The van der Waals surface area contributed by atoms with Crippen LogP contribution in [0.25, 0.3) is 6.08 Å². The number of carbonyl (C=O) groups is 2. The molecule has 1 aliphatic heterocycles. The quantitative estimate of drug-likeness (QED) is 0.528. The summed E-state index contributed by atoms with van der Waals surface area (Å²) < 4.78 is 10.6. The molecular formula is C24H22N4O4S. The van der Waals surface area contributed by atoms with Crippen LogP contribution in [-0.4, -0.2) is 35.0 Å². The van der Waals surface area contributed by atoms with E-state index in [1.165, 1.54) is 23.7 Å². The van der Waals surface area contributed by atoms with E-state index < -0.39 is 0 Å². The molecule has 0 saturated heterocycles. The van der Waals surface area contributed by atoms with Crippen LogP contribution in [-0.2, 0) is 35.3 Å². The number of anilines is 1. The molecule has 0 saturated carbocycles. The Bertz CT molecular complexity index is 1180. The van der Waals surface area contributed by atoms with Crippen LogP contribution in [0.3, 0.4) is 0 Å². The number of aromatic nitrogens is 1. The molecule has 4 rings (SSSR count). The third kappa shape index (κ3) is 5.67. The highest BCUT2D eigenvalue weighted by Crippen LogP contribution is 2.37. The lowest BCUT2D eigenvalue weighted by atomic mass is 10.0. The number of hydrogen-bond acceptors (Lipinski definition) is 7. The van der Waals surface area contributed by atoms with Crippen LogP contribution >= 0.6 is 11.3 Å². The monoisotopic (exact) mass is 462 g/mol. The number of fused-ring (bicyclic) bond motifs is 1. The van der Waals surface area contributed by atoms with Gasteiger partial charge in [0, 0.05) is 41.4 Å². The van der Waals surface area contributed by atoms with E-state index in [1.807, 2.05) is 18.2 Å². The Morgan fingerprint density at radius 3 is 3.00 bits per heavy atom. The zero-order valence-electron chi connectivity index (χ0n) is 17.8. The van der Waals surface area contributed by atoms with E-state index in [0.29, 0.717) is 36.7 Å². The lowest BCUT2D eigenvalue weighted by molar-refractivity contribution is -0.111. The molecule has 33 heavy (non-hydrogen) atoms. The van der Waals surface area contributed by atoms with Crippen molar-refractivity contribution in [2.45, 2.75) is 25.8 Å². The highest BCUT2D eigenvalue weighted by molar-refractivity contribution is 7.16. The minimum absolute atomic E-state index is 0.192. The van der Waals surface area contributed by atoms with Gasteiger partial charge >= 0.3 is 6.09 Å². The number of amides is 2. The van der Waals surface area contributed by atoms with Crippen LogP contribution in [0.2, 0.25) is 0 Å². The van der Waals surface area contributed by atoms with Gasteiger partial charge in [-0.1, -0.05) is 6.07 Å². The molecule has 3 aromatic rings. The summed E-state index contributed by atoms with van der Waals surface area (Å²) in [5.41, 5.74) is 2.72. The fourth-order valence-corrected chi connectivity index (χ4v) is 4.85. The number of hydrogen-bond donors (Lipinski definition) is 1. The molecule has 2 amide bonds. The van der Waals surface area contributed by atoms with Crippen LogP contribution in [0.1, 0.15) is 27.5 Å². The van der Waals surface area contributed by atoms with Gasteiger partial charge in [0.05, 0.1) is 31.9 Å². The van der Waals surface area contributed by atoms with Gasteiger partial charge in [0.15, 0.2) is 0 Å². The van der Waals surface area contributed by atoms with Crippen molar-refractivity contribution in [3.8, 4) is 6.07 Å². The van der Waals surface area contributed by atoms with Crippen molar-refractivity contribution in [2.24, 2.45) is 0 Å². The van der Waals surface area contributed by atoms with Gasteiger partial charge in [-0.3, -0.25) is 9.78 Å². The van der Waals surface area contributed by atoms with Crippen LogP contribution < -0.4 is 5.32 Å². The Morgan fingerprint density at radius 1 is 1.33 bits per heavy atom. The van der Waals surface area contributed by atoms with Gasteiger partial charge < -0.3 is 19.4 Å². The van der Waals surface area contributed by atoms with Gasteiger partial charge in [-0.25, -0.2) is 4.79 Å². The smallest absolute Gasteiger partial charge is 0.410 e. The summed E-state index contributed by atoms with van der Waals surface area (Å²) in [6, 6.07) is 11.3. The number of nitriles is 1. The van der Waals surface area contributed by atoms with E-state index in [2.05, 4.69) is 16.4 Å². The first-order valence-corrected chi connectivity index (χ1v) is 11.3. The number of rotatable bonds is 7. The fraction of sp³-hybridized carbons (Fsp3) is 0.250. The van der Waals surface area contributed by atoms with E-state index in [1.54, 1.807) is 29.3 Å². The topological polar surface area (TPSA) is 108 Å². The van der Waals surface area contributed by atoms with E-state index >= 15 is 0 Å². The Balaban J connectivity index is 1.39. The van der Waals surface area contributed by atoms with Crippen molar-refractivity contribution in [3.63, 3.8) is 0 Å². The van der Waals surface area contributed by atoms with Crippen LogP contribution in [0.4, 0.5) is 9.80 Å². The minimum atomic E-state index is -0.376. The maximum absolute atomic E-state index is 12.5. The third-order valence-corrected chi connectivity index (χ3v) is 6.34. The van der Waals surface area contributed by atoms with E-state index in [9.17, 15) is 14.9 Å². The van der Waals surface area contributed by atoms with Gasteiger partial charge in [-0.15, -0.1) is 11.3 Å². The molecule has 0 atom stereocenters. The minimum Gasteiger partial charge on any atom is -0.465 e. The molecule has 0 fully saturated rings.